The van der Waals surface area contributed by atoms with Crippen molar-refractivity contribution < 1.29 is 9.84 Å². The van der Waals surface area contributed by atoms with Crippen LogP contribution >= 0.6 is 15.9 Å². The number of halogens is 1. The summed E-state index contributed by atoms with van der Waals surface area (Å²) in [6, 6.07) is 0. The minimum Gasteiger partial charge on any atom is -0.394 e. The van der Waals surface area contributed by atoms with Crippen molar-refractivity contribution in [1.82, 2.24) is 9.78 Å². The lowest BCUT2D eigenvalue weighted by Crippen LogP contribution is -2.16. The van der Waals surface area contributed by atoms with Gasteiger partial charge < -0.3 is 9.84 Å². The highest BCUT2D eigenvalue weighted by molar-refractivity contribution is 9.10. The molecule has 0 spiro atoms. The quantitative estimate of drug-likeness (QED) is 0.848. The predicted molar refractivity (Wildman–Crippen MR) is 52.4 cm³/mol. The average molecular weight is 249 g/mol. The molecule has 74 valence electrons. The first-order valence-corrected chi connectivity index (χ1v) is 4.92. The monoisotopic (exact) mass is 248 g/mol. The van der Waals surface area contributed by atoms with Crippen molar-refractivity contribution in [2.45, 2.75) is 19.6 Å². The van der Waals surface area contributed by atoms with E-state index in [4.69, 9.17) is 9.84 Å². The van der Waals surface area contributed by atoms with Crippen molar-refractivity contribution >= 4 is 15.9 Å². The average Bonchev–Trinajstić information content (AvgIpc) is 2.51. The van der Waals surface area contributed by atoms with Crippen LogP contribution in [0.5, 0.6) is 0 Å². The van der Waals surface area contributed by atoms with Gasteiger partial charge in [-0.3, -0.25) is 4.68 Å². The summed E-state index contributed by atoms with van der Waals surface area (Å²) in [5.74, 6) is 0. The highest BCUT2D eigenvalue weighted by Gasteiger charge is 1.99. The Kier molecular flexibility index (Phi) is 4.41. The van der Waals surface area contributed by atoms with E-state index in [-0.39, 0.29) is 12.7 Å². The molecule has 4 nitrogen and oxygen atoms in total. The molecule has 13 heavy (non-hydrogen) atoms. The van der Waals surface area contributed by atoms with Crippen LogP contribution in [0.15, 0.2) is 16.9 Å². The minimum atomic E-state index is -0.0981. The van der Waals surface area contributed by atoms with Crippen LogP contribution in [0.3, 0.4) is 0 Å². The summed E-state index contributed by atoms with van der Waals surface area (Å²) in [6.45, 7) is 3.16. The van der Waals surface area contributed by atoms with Crippen LogP contribution in [0.1, 0.15) is 6.92 Å². The Labute approximate surface area is 85.6 Å². The zero-order valence-corrected chi connectivity index (χ0v) is 9.07. The summed E-state index contributed by atoms with van der Waals surface area (Å²) >= 11 is 3.30. The highest BCUT2D eigenvalue weighted by atomic mass is 79.9. The smallest absolute Gasteiger partial charge is 0.0778 e. The van der Waals surface area contributed by atoms with E-state index in [1.807, 2.05) is 13.1 Å². The Morgan fingerprint density at radius 2 is 2.54 bits per heavy atom. The summed E-state index contributed by atoms with van der Waals surface area (Å²) in [4.78, 5) is 0. The fraction of sp³-hybridized carbons (Fsp3) is 0.625. The first kappa shape index (κ1) is 10.7. The van der Waals surface area contributed by atoms with Gasteiger partial charge in [0.1, 0.15) is 0 Å². The van der Waals surface area contributed by atoms with Gasteiger partial charge >= 0.3 is 0 Å². The second-order valence-corrected chi connectivity index (χ2v) is 3.70. The van der Waals surface area contributed by atoms with E-state index < -0.39 is 0 Å². The Morgan fingerprint density at radius 3 is 3.08 bits per heavy atom. The second-order valence-electron chi connectivity index (χ2n) is 2.79. The van der Waals surface area contributed by atoms with Crippen LogP contribution < -0.4 is 0 Å². The molecule has 1 aromatic heterocycles. The molecule has 1 N–H and O–H groups in total. The fourth-order valence-electron chi connectivity index (χ4n) is 0.861. The molecular formula is C8H13BrN2O2. The first-order valence-electron chi connectivity index (χ1n) is 4.13. The summed E-state index contributed by atoms with van der Waals surface area (Å²) in [7, 11) is 0. The fourth-order valence-corrected chi connectivity index (χ4v) is 1.19. The normalized spacial score (nSPS) is 13.2. The molecule has 1 rings (SSSR count). The number of aliphatic hydroxyl groups excluding tert-OH is 1. The van der Waals surface area contributed by atoms with Crippen molar-refractivity contribution in [2.24, 2.45) is 0 Å². The molecule has 5 heteroatoms. The summed E-state index contributed by atoms with van der Waals surface area (Å²) in [5, 5.41) is 12.7. The second kappa shape index (κ2) is 5.36. The molecule has 0 saturated heterocycles. The van der Waals surface area contributed by atoms with E-state index in [9.17, 15) is 0 Å². The van der Waals surface area contributed by atoms with Crippen LogP contribution in [0.25, 0.3) is 0 Å². The van der Waals surface area contributed by atoms with Crippen molar-refractivity contribution in [3.8, 4) is 0 Å². The molecule has 0 bridgehead atoms. The topological polar surface area (TPSA) is 47.3 Å². The number of hydrogen-bond acceptors (Lipinski definition) is 3. The summed E-state index contributed by atoms with van der Waals surface area (Å²) in [6.07, 6.45) is 3.52. The maximum Gasteiger partial charge on any atom is 0.0778 e. The standard InChI is InChI=1S/C8H13BrN2O2/c1-7(6-12)13-3-2-11-5-8(9)4-10-11/h4-5,7,12H,2-3,6H2,1H3/t7-/m1/s1. The Balaban J connectivity index is 2.20. The van der Waals surface area contributed by atoms with E-state index in [0.717, 1.165) is 4.47 Å². The Morgan fingerprint density at radius 1 is 1.77 bits per heavy atom. The van der Waals surface area contributed by atoms with Gasteiger partial charge in [-0.1, -0.05) is 0 Å². The maximum atomic E-state index is 8.68. The number of rotatable bonds is 5. The molecule has 0 fully saturated rings. The lowest BCUT2D eigenvalue weighted by Gasteiger charge is -2.09. The molecule has 0 radical (unpaired) electrons. The lowest BCUT2D eigenvalue weighted by molar-refractivity contribution is 0.0200. The Hall–Kier alpha value is -0.390. The van der Waals surface area contributed by atoms with E-state index in [2.05, 4.69) is 21.0 Å². The van der Waals surface area contributed by atoms with Crippen LogP contribution in [-0.4, -0.2) is 34.2 Å². The molecule has 0 aliphatic heterocycles. The van der Waals surface area contributed by atoms with Gasteiger partial charge in [0, 0.05) is 6.20 Å². The SMILES string of the molecule is C[C@H](CO)OCCn1cc(Br)cn1. The molecule has 0 amide bonds. The molecule has 1 atom stereocenters. The zero-order chi connectivity index (χ0) is 9.68. The van der Waals surface area contributed by atoms with Gasteiger partial charge in [0.05, 0.1) is 36.5 Å². The van der Waals surface area contributed by atoms with Gasteiger partial charge in [-0.25, -0.2) is 0 Å². The van der Waals surface area contributed by atoms with Gasteiger partial charge in [0.15, 0.2) is 0 Å². The van der Waals surface area contributed by atoms with Crippen LogP contribution in [-0.2, 0) is 11.3 Å². The number of nitrogens with zero attached hydrogens (tertiary/aromatic N) is 2. The van der Waals surface area contributed by atoms with Crippen molar-refractivity contribution in [3.63, 3.8) is 0 Å². The lowest BCUT2D eigenvalue weighted by atomic mass is 10.4. The molecule has 0 aliphatic rings. The molecule has 1 heterocycles. The highest BCUT2D eigenvalue weighted by Crippen LogP contribution is 2.05. The summed E-state index contributed by atoms with van der Waals surface area (Å²) in [5.41, 5.74) is 0. The largest absolute Gasteiger partial charge is 0.394 e. The van der Waals surface area contributed by atoms with Crippen molar-refractivity contribution in [1.29, 1.82) is 0 Å². The third-order valence-corrected chi connectivity index (χ3v) is 1.99. The van der Waals surface area contributed by atoms with Gasteiger partial charge in [-0.15, -0.1) is 0 Å². The predicted octanol–water partition coefficient (Wildman–Crippen LogP) is 1.04. The molecule has 1 aromatic rings. The van der Waals surface area contributed by atoms with Gasteiger partial charge in [-0.05, 0) is 22.9 Å². The van der Waals surface area contributed by atoms with E-state index in [0.29, 0.717) is 13.2 Å². The van der Waals surface area contributed by atoms with E-state index in [1.165, 1.54) is 0 Å². The van der Waals surface area contributed by atoms with Gasteiger partial charge in [-0.2, -0.15) is 5.10 Å². The van der Waals surface area contributed by atoms with Gasteiger partial charge in [0.25, 0.3) is 0 Å². The van der Waals surface area contributed by atoms with Crippen LogP contribution in [0.4, 0.5) is 0 Å². The van der Waals surface area contributed by atoms with Crippen molar-refractivity contribution in [2.75, 3.05) is 13.2 Å². The molecule has 0 aromatic carbocycles. The third-order valence-electron chi connectivity index (χ3n) is 1.58. The van der Waals surface area contributed by atoms with Crippen LogP contribution in [0.2, 0.25) is 0 Å². The molecular weight excluding hydrogens is 236 g/mol. The maximum absolute atomic E-state index is 8.68. The van der Waals surface area contributed by atoms with E-state index >= 15 is 0 Å². The minimum absolute atomic E-state index is 0.0583. The number of aliphatic hydroxyl groups is 1. The first-order chi connectivity index (χ1) is 6.22. The number of hydrogen-bond donors (Lipinski definition) is 1. The van der Waals surface area contributed by atoms with Crippen molar-refractivity contribution in [3.05, 3.63) is 16.9 Å². The van der Waals surface area contributed by atoms with Crippen LogP contribution in [0, 0.1) is 0 Å². The molecule has 0 aliphatic carbocycles. The number of aromatic nitrogens is 2. The molecule has 0 saturated carbocycles. The molecule has 0 unspecified atom stereocenters. The zero-order valence-electron chi connectivity index (χ0n) is 7.48. The van der Waals surface area contributed by atoms with Gasteiger partial charge in [0.2, 0.25) is 0 Å². The Bertz CT molecular complexity index is 252. The summed E-state index contributed by atoms with van der Waals surface area (Å²) < 4.78 is 8.02. The third kappa shape index (κ3) is 3.89. The van der Waals surface area contributed by atoms with E-state index in [1.54, 1.807) is 10.9 Å². The number of ether oxygens (including phenoxy) is 1.